The van der Waals surface area contributed by atoms with Gasteiger partial charge in [-0.2, -0.15) is 0 Å². The van der Waals surface area contributed by atoms with Crippen LogP contribution in [0.2, 0.25) is 0 Å². The lowest BCUT2D eigenvalue weighted by molar-refractivity contribution is 0.311. The number of hydrogen-bond donors (Lipinski definition) is 0. The van der Waals surface area contributed by atoms with Gasteiger partial charge in [0.25, 0.3) is 0 Å². The van der Waals surface area contributed by atoms with Gasteiger partial charge in [0.05, 0.1) is 0 Å². The Kier molecular flexibility index (Phi) is 7.10. The van der Waals surface area contributed by atoms with E-state index in [1.165, 1.54) is 63.4 Å². The summed E-state index contributed by atoms with van der Waals surface area (Å²) in [5, 5.41) is 0. The molecular weight excluding hydrogens is 328 g/mol. The van der Waals surface area contributed by atoms with Crippen LogP contribution in [0.4, 0.5) is 0 Å². The third kappa shape index (κ3) is 5.17. The summed E-state index contributed by atoms with van der Waals surface area (Å²) in [4.78, 5) is 9.50. The van der Waals surface area contributed by atoms with Gasteiger partial charge in [-0.3, -0.25) is 0 Å². The Bertz CT molecular complexity index is 550. The molecule has 0 radical (unpaired) electrons. The smallest absolute Gasteiger partial charge is 0.131 e. The molecule has 0 aliphatic heterocycles. The van der Waals surface area contributed by atoms with Crippen molar-refractivity contribution < 1.29 is 0 Å². The second kappa shape index (κ2) is 9.52. The average molecular weight is 359 g/mol. The molecule has 0 spiro atoms. The SMILES string of the molecule is C=CCCC1CCC(c2cnc(C3CCC(/C=C/Cl)CC3)nc2)CC1. The molecule has 0 bridgehead atoms. The molecule has 3 rings (SSSR count). The van der Waals surface area contributed by atoms with Crippen molar-refractivity contribution in [1.29, 1.82) is 0 Å². The van der Waals surface area contributed by atoms with Crippen molar-refractivity contribution in [3.8, 4) is 0 Å². The first-order valence-corrected chi connectivity index (χ1v) is 10.4. The molecule has 0 saturated heterocycles. The average Bonchev–Trinajstić information content (AvgIpc) is 2.68. The fourth-order valence-electron chi connectivity index (χ4n) is 4.58. The number of allylic oxidation sites excluding steroid dienone is 2. The van der Waals surface area contributed by atoms with Gasteiger partial charge in [-0.05, 0) is 87.5 Å². The standard InChI is InChI=1S/C22H31ClN2/c1-2-3-4-17-5-9-19(10-6-17)21-15-24-22(25-16-21)20-11-7-18(8-12-20)13-14-23/h2,13-20H,1,3-12H2/b14-13+. The highest BCUT2D eigenvalue weighted by Crippen LogP contribution is 2.38. The van der Waals surface area contributed by atoms with E-state index in [1.807, 2.05) is 0 Å². The highest BCUT2D eigenvalue weighted by molar-refractivity contribution is 6.25. The van der Waals surface area contributed by atoms with Crippen molar-refractivity contribution in [3.05, 3.63) is 48.0 Å². The Morgan fingerprint density at radius 1 is 0.960 bits per heavy atom. The normalized spacial score (nSPS) is 30.4. The van der Waals surface area contributed by atoms with E-state index >= 15 is 0 Å². The van der Waals surface area contributed by atoms with Crippen molar-refractivity contribution in [2.45, 2.75) is 76.0 Å². The molecule has 0 atom stereocenters. The molecule has 2 aliphatic carbocycles. The molecule has 1 aromatic rings. The zero-order chi connectivity index (χ0) is 17.5. The van der Waals surface area contributed by atoms with Gasteiger partial charge in [0, 0.05) is 23.8 Å². The first-order valence-electron chi connectivity index (χ1n) is 9.99. The first-order chi connectivity index (χ1) is 12.3. The van der Waals surface area contributed by atoms with Crippen LogP contribution in [0.3, 0.4) is 0 Å². The summed E-state index contributed by atoms with van der Waals surface area (Å²) < 4.78 is 0. The zero-order valence-electron chi connectivity index (χ0n) is 15.2. The van der Waals surface area contributed by atoms with Gasteiger partial charge in [-0.15, -0.1) is 6.58 Å². The van der Waals surface area contributed by atoms with Gasteiger partial charge in [-0.1, -0.05) is 23.8 Å². The number of rotatable bonds is 6. The van der Waals surface area contributed by atoms with Crippen molar-refractivity contribution >= 4 is 11.6 Å². The van der Waals surface area contributed by atoms with E-state index in [0.717, 1.165) is 18.2 Å². The highest BCUT2D eigenvalue weighted by atomic mass is 35.5. The molecule has 136 valence electrons. The van der Waals surface area contributed by atoms with E-state index < -0.39 is 0 Å². The zero-order valence-corrected chi connectivity index (χ0v) is 16.0. The van der Waals surface area contributed by atoms with Gasteiger partial charge in [0.2, 0.25) is 0 Å². The van der Waals surface area contributed by atoms with Gasteiger partial charge >= 0.3 is 0 Å². The molecule has 1 aromatic heterocycles. The van der Waals surface area contributed by atoms with Crippen LogP contribution in [0, 0.1) is 11.8 Å². The lowest BCUT2D eigenvalue weighted by atomic mass is 9.78. The Morgan fingerprint density at radius 3 is 2.20 bits per heavy atom. The molecule has 2 aliphatic rings. The maximum Gasteiger partial charge on any atom is 0.131 e. The lowest BCUT2D eigenvalue weighted by Gasteiger charge is -2.29. The second-order valence-electron chi connectivity index (χ2n) is 7.89. The highest BCUT2D eigenvalue weighted by Gasteiger charge is 2.25. The number of nitrogens with zero attached hydrogens (tertiary/aromatic N) is 2. The summed E-state index contributed by atoms with van der Waals surface area (Å²) >= 11 is 5.70. The molecule has 2 nitrogen and oxygen atoms in total. The maximum absolute atomic E-state index is 5.70. The molecule has 0 N–H and O–H groups in total. The Hall–Kier alpha value is -1.15. The van der Waals surface area contributed by atoms with E-state index in [1.54, 1.807) is 5.54 Å². The summed E-state index contributed by atoms with van der Waals surface area (Å²) in [6, 6.07) is 0. The summed E-state index contributed by atoms with van der Waals surface area (Å²) in [5.41, 5.74) is 3.02. The number of aromatic nitrogens is 2. The minimum atomic E-state index is 0.531. The third-order valence-electron chi connectivity index (χ3n) is 6.27. The molecule has 0 aromatic carbocycles. The summed E-state index contributed by atoms with van der Waals surface area (Å²) in [6.07, 6.45) is 20.9. The molecule has 2 fully saturated rings. The largest absolute Gasteiger partial charge is 0.241 e. The molecule has 2 saturated carbocycles. The topological polar surface area (TPSA) is 25.8 Å². The third-order valence-corrected chi connectivity index (χ3v) is 6.42. The summed E-state index contributed by atoms with van der Waals surface area (Å²) in [6.45, 7) is 3.84. The fourth-order valence-corrected chi connectivity index (χ4v) is 4.79. The Balaban J connectivity index is 1.50. The minimum absolute atomic E-state index is 0.531. The van der Waals surface area contributed by atoms with Crippen molar-refractivity contribution in [1.82, 2.24) is 9.97 Å². The summed E-state index contributed by atoms with van der Waals surface area (Å²) in [5.74, 6) is 3.79. The van der Waals surface area contributed by atoms with Crippen LogP contribution in [-0.2, 0) is 0 Å². The van der Waals surface area contributed by atoms with Crippen LogP contribution in [0.1, 0.15) is 87.4 Å². The molecule has 3 heteroatoms. The van der Waals surface area contributed by atoms with Crippen LogP contribution in [0.5, 0.6) is 0 Å². The second-order valence-corrected chi connectivity index (χ2v) is 8.14. The first kappa shape index (κ1) is 18.6. The van der Waals surface area contributed by atoms with Crippen LogP contribution in [-0.4, -0.2) is 9.97 Å². The fraction of sp³-hybridized carbons (Fsp3) is 0.636. The predicted octanol–water partition coefficient (Wildman–Crippen LogP) is 6.74. The molecule has 25 heavy (non-hydrogen) atoms. The van der Waals surface area contributed by atoms with E-state index in [-0.39, 0.29) is 0 Å². The van der Waals surface area contributed by atoms with Gasteiger partial charge < -0.3 is 0 Å². The van der Waals surface area contributed by atoms with E-state index in [9.17, 15) is 0 Å². The van der Waals surface area contributed by atoms with Crippen LogP contribution in [0.25, 0.3) is 0 Å². The van der Waals surface area contributed by atoms with Crippen LogP contribution >= 0.6 is 11.6 Å². The van der Waals surface area contributed by atoms with Crippen molar-refractivity contribution in [2.24, 2.45) is 11.8 Å². The maximum atomic E-state index is 5.70. The van der Waals surface area contributed by atoms with Gasteiger partial charge in [0.1, 0.15) is 5.82 Å². The monoisotopic (exact) mass is 358 g/mol. The van der Waals surface area contributed by atoms with E-state index in [4.69, 9.17) is 21.6 Å². The van der Waals surface area contributed by atoms with Crippen LogP contribution < -0.4 is 0 Å². The number of hydrogen-bond acceptors (Lipinski definition) is 2. The minimum Gasteiger partial charge on any atom is -0.241 e. The molecule has 0 amide bonds. The van der Waals surface area contributed by atoms with E-state index in [0.29, 0.717) is 17.8 Å². The Morgan fingerprint density at radius 2 is 1.60 bits per heavy atom. The predicted molar refractivity (Wildman–Crippen MR) is 106 cm³/mol. The quantitative estimate of drug-likeness (QED) is 0.526. The lowest BCUT2D eigenvalue weighted by Crippen LogP contribution is -2.16. The van der Waals surface area contributed by atoms with E-state index in [2.05, 4.69) is 31.1 Å². The molecule has 1 heterocycles. The Labute approximate surface area is 157 Å². The summed E-state index contributed by atoms with van der Waals surface area (Å²) in [7, 11) is 0. The molecule has 0 unspecified atom stereocenters. The van der Waals surface area contributed by atoms with Gasteiger partial charge in [0.15, 0.2) is 0 Å². The van der Waals surface area contributed by atoms with Crippen molar-refractivity contribution in [3.63, 3.8) is 0 Å². The van der Waals surface area contributed by atoms with Crippen LogP contribution in [0.15, 0.2) is 36.7 Å². The van der Waals surface area contributed by atoms with Gasteiger partial charge in [-0.25, -0.2) is 9.97 Å². The molecular formula is C22H31ClN2. The van der Waals surface area contributed by atoms with Crippen molar-refractivity contribution in [2.75, 3.05) is 0 Å². The number of halogens is 1.